The van der Waals surface area contributed by atoms with Crippen LogP contribution in [-0.4, -0.2) is 11.6 Å². The molecule has 0 bridgehead atoms. The van der Waals surface area contributed by atoms with Crippen LogP contribution in [0.25, 0.3) is 0 Å². The Morgan fingerprint density at radius 3 is 2.64 bits per heavy atom. The van der Waals surface area contributed by atoms with Crippen molar-refractivity contribution < 1.29 is 9.18 Å². The van der Waals surface area contributed by atoms with Crippen molar-refractivity contribution in [3.63, 3.8) is 0 Å². The van der Waals surface area contributed by atoms with E-state index in [4.69, 9.17) is 0 Å². The number of carbonyl (C=O) groups excluding carboxylic acids is 1. The summed E-state index contributed by atoms with van der Waals surface area (Å²) in [5.74, 6) is -0.262. The lowest BCUT2D eigenvalue weighted by molar-refractivity contribution is 0.487. The Morgan fingerprint density at radius 2 is 2.07 bits per heavy atom. The summed E-state index contributed by atoms with van der Waals surface area (Å²) < 4.78 is 13.2. The predicted octanol–water partition coefficient (Wildman–Crippen LogP) is 2.48. The van der Waals surface area contributed by atoms with Crippen LogP contribution >= 0.6 is 0 Å². The first-order valence-corrected chi connectivity index (χ1v) is 4.37. The molecule has 0 unspecified atom stereocenters. The summed E-state index contributed by atoms with van der Waals surface area (Å²) in [7, 11) is 0. The maximum absolute atomic E-state index is 13.2. The summed E-state index contributed by atoms with van der Waals surface area (Å²) in [4.78, 5) is 13.7. The van der Waals surface area contributed by atoms with Crippen molar-refractivity contribution in [1.82, 2.24) is 0 Å². The van der Waals surface area contributed by atoms with Gasteiger partial charge in [0.2, 0.25) is 6.08 Å². The molecule has 0 fully saturated rings. The number of hydrogen-bond acceptors (Lipinski definition) is 2. The number of benzene rings is 1. The molecule has 0 N–H and O–H groups in total. The maximum atomic E-state index is 13.2. The first-order valence-electron chi connectivity index (χ1n) is 4.37. The molecule has 74 valence electrons. The largest absolute Gasteiger partial charge is 0.235 e. The quantitative estimate of drug-likeness (QED) is 0.535. The average Bonchev–Trinajstić information content (AvgIpc) is 2.08. The smallest absolute Gasteiger partial charge is 0.211 e. The Hall–Kier alpha value is -1.47. The predicted molar refractivity (Wildman–Crippen MR) is 52.3 cm³/mol. The van der Waals surface area contributed by atoms with Crippen LogP contribution in [-0.2, 0) is 11.2 Å². The van der Waals surface area contributed by atoms with Crippen LogP contribution in [0.15, 0.2) is 29.3 Å². The normalized spacial score (nSPS) is 10.8. The Morgan fingerprint density at radius 1 is 1.43 bits per heavy atom. The first-order chi connectivity index (χ1) is 6.55. The van der Waals surface area contributed by atoms with Crippen molar-refractivity contribution >= 4 is 6.08 Å². The van der Waals surface area contributed by atoms with E-state index in [0.29, 0.717) is 12.0 Å². The highest BCUT2D eigenvalue weighted by Gasteiger charge is 2.18. The minimum Gasteiger partial charge on any atom is -0.211 e. The van der Waals surface area contributed by atoms with Crippen LogP contribution in [0.1, 0.15) is 19.4 Å². The van der Waals surface area contributed by atoms with Crippen molar-refractivity contribution in [3.05, 3.63) is 35.6 Å². The first kappa shape index (κ1) is 10.6. The highest BCUT2D eigenvalue weighted by molar-refractivity contribution is 5.35. The number of nitrogens with zero attached hydrogens (tertiary/aromatic N) is 1. The molecule has 0 saturated carbocycles. The fraction of sp³-hybridized carbons (Fsp3) is 0.364. The zero-order chi connectivity index (χ0) is 10.6. The van der Waals surface area contributed by atoms with Crippen molar-refractivity contribution in [2.45, 2.75) is 25.8 Å². The minimum atomic E-state index is -0.593. The van der Waals surface area contributed by atoms with E-state index >= 15 is 0 Å². The number of hydrogen-bond donors (Lipinski definition) is 0. The molecule has 0 saturated heterocycles. The zero-order valence-electron chi connectivity index (χ0n) is 8.25. The molecule has 0 aliphatic heterocycles. The van der Waals surface area contributed by atoms with Gasteiger partial charge in [0, 0.05) is 6.42 Å². The van der Waals surface area contributed by atoms with Gasteiger partial charge < -0.3 is 0 Å². The molecule has 1 aromatic carbocycles. The third-order valence-electron chi connectivity index (χ3n) is 1.93. The number of aliphatic imine (C=N–C) groups is 1. The lowest BCUT2D eigenvalue weighted by Crippen LogP contribution is -2.20. The van der Waals surface area contributed by atoms with Crippen molar-refractivity contribution in [2.24, 2.45) is 4.99 Å². The summed E-state index contributed by atoms with van der Waals surface area (Å²) in [5.41, 5.74) is -0.0271. The monoisotopic (exact) mass is 193 g/mol. The molecule has 0 amide bonds. The molecule has 1 aromatic rings. The van der Waals surface area contributed by atoms with Crippen LogP contribution < -0.4 is 0 Å². The summed E-state index contributed by atoms with van der Waals surface area (Å²) in [5, 5.41) is 0. The highest BCUT2D eigenvalue weighted by atomic mass is 19.1. The molecule has 14 heavy (non-hydrogen) atoms. The van der Waals surface area contributed by atoms with E-state index in [1.165, 1.54) is 12.1 Å². The second-order valence-electron chi connectivity index (χ2n) is 3.78. The molecular weight excluding hydrogens is 181 g/mol. The van der Waals surface area contributed by atoms with Gasteiger partial charge in [-0.2, -0.15) is 4.99 Å². The topological polar surface area (TPSA) is 29.4 Å². The Kier molecular flexibility index (Phi) is 3.15. The van der Waals surface area contributed by atoms with Crippen molar-refractivity contribution in [2.75, 3.05) is 0 Å². The summed E-state index contributed by atoms with van der Waals surface area (Å²) in [6, 6.07) is 6.49. The Labute approximate surface area is 82.5 Å². The summed E-state index contributed by atoms with van der Waals surface area (Å²) in [6.07, 6.45) is 1.90. The minimum absolute atomic E-state index is 0.262. The molecule has 0 spiro atoms. The zero-order valence-corrected chi connectivity index (χ0v) is 8.25. The van der Waals surface area contributed by atoms with Crippen LogP contribution in [0.5, 0.6) is 0 Å². The van der Waals surface area contributed by atoms with Crippen LogP contribution in [0.3, 0.4) is 0 Å². The van der Waals surface area contributed by atoms with E-state index in [9.17, 15) is 9.18 Å². The van der Waals surface area contributed by atoms with Gasteiger partial charge in [-0.1, -0.05) is 18.2 Å². The molecule has 0 atom stereocenters. The lowest BCUT2D eigenvalue weighted by atomic mass is 9.95. The average molecular weight is 193 g/mol. The highest BCUT2D eigenvalue weighted by Crippen LogP contribution is 2.18. The Balaban J connectivity index is 2.88. The van der Waals surface area contributed by atoms with Gasteiger partial charge >= 0.3 is 0 Å². The maximum Gasteiger partial charge on any atom is 0.235 e. The van der Waals surface area contributed by atoms with Crippen molar-refractivity contribution in [1.29, 1.82) is 0 Å². The van der Waals surface area contributed by atoms with Gasteiger partial charge in [0.15, 0.2) is 0 Å². The van der Waals surface area contributed by atoms with Gasteiger partial charge in [-0.25, -0.2) is 9.18 Å². The molecule has 1 rings (SSSR count). The molecular formula is C11H12FNO. The molecule has 0 radical (unpaired) electrons. The SMILES string of the molecule is CC(C)(Cc1ccccc1F)N=C=O. The standard InChI is InChI=1S/C11H12FNO/c1-11(2,13-8-14)7-9-5-3-4-6-10(9)12/h3-6H,7H2,1-2H3. The van der Waals surface area contributed by atoms with E-state index in [-0.39, 0.29) is 5.82 Å². The lowest BCUT2D eigenvalue weighted by Gasteiger charge is -2.17. The Bertz CT molecular complexity index is 367. The van der Waals surface area contributed by atoms with E-state index < -0.39 is 5.54 Å². The molecule has 0 aliphatic carbocycles. The van der Waals surface area contributed by atoms with E-state index in [2.05, 4.69) is 4.99 Å². The molecule has 0 aliphatic rings. The third-order valence-corrected chi connectivity index (χ3v) is 1.93. The fourth-order valence-corrected chi connectivity index (χ4v) is 1.27. The van der Waals surface area contributed by atoms with Gasteiger partial charge in [-0.3, -0.25) is 0 Å². The van der Waals surface area contributed by atoms with E-state index in [1.54, 1.807) is 32.0 Å². The number of rotatable bonds is 3. The van der Waals surface area contributed by atoms with Gasteiger partial charge in [0.1, 0.15) is 5.82 Å². The molecule has 0 heterocycles. The van der Waals surface area contributed by atoms with Gasteiger partial charge in [-0.15, -0.1) is 0 Å². The fourth-order valence-electron chi connectivity index (χ4n) is 1.27. The number of halogens is 1. The second-order valence-corrected chi connectivity index (χ2v) is 3.78. The van der Waals surface area contributed by atoms with Gasteiger partial charge in [0.25, 0.3) is 0 Å². The second kappa shape index (κ2) is 4.16. The van der Waals surface area contributed by atoms with Crippen LogP contribution in [0.4, 0.5) is 4.39 Å². The van der Waals surface area contributed by atoms with Crippen molar-refractivity contribution in [3.8, 4) is 0 Å². The van der Waals surface area contributed by atoms with Crippen LogP contribution in [0.2, 0.25) is 0 Å². The number of isocyanates is 1. The molecule has 3 heteroatoms. The van der Waals surface area contributed by atoms with Gasteiger partial charge in [-0.05, 0) is 25.5 Å². The van der Waals surface area contributed by atoms with Crippen LogP contribution in [0, 0.1) is 5.82 Å². The molecule has 0 aromatic heterocycles. The third kappa shape index (κ3) is 2.79. The summed E-state index contributed by atoms with van der Waals surface area (Å²) >= 11 is 0. The summed E-state index contributed by atoms with van der Waals surface area (Å²) in [6.45, 7) is 3.54. The molecule has 2 nitrogen and oxygen atoms in total. The van der Waals surface area contributed by atoms with Gasteiger partial charge in [0.05, 0.1) is 5.54 Å². The van der Waals surface area contributed by atoms with E-state index in [1.807, 2.05) is 0 Å². The van der Waals surface area contributed by atoms with E-state index in [0.717, 1.165) is 0 Å².